The summed E-state index contributed by atoms with van der Waals surface area (Å²) in [6, 6.07) is 4.93. The van der Waals surface area contributed by atoms with Gasteiger partial charge in [-0.2, -0.15) is 0 Å². The number of benzene rings is 1. The van der Waals surface area contributed by atoms with Crippen LogP contribution in [0.1, 0.15) is 39.5 Å². The highest BCUT2D eigenvalue weighted by Crippen LogP contribution is 2.37. The normalized spacial score (nSPS) is 21.9. The minimum Gasteiger partial charge on any atom is -0.405 e. The Kier molecular flexibility index (Phi) is 4.76. The average molecular weight is 366 g/mol. The third-order valence-corrected chi connectivity index (χ3v) is 4.35. The van der Waals surface area contributed by atoms with Crippen molar-refractivity contribution in [2.75, 3.05) is 5.32 Å². The SMILES string of the molecule is CC1(C)CCCC(Nc2ccc(OC(F)(F)F)c(Br)c2)C1. The van der Waals surface area contributed by atoms with E-state index in [0.717, 1.165) is 18.5 Å². The zero-order valence-corrected chi connectivity index (χ0v) is 13.6. The summed E-state index contributed by atoms with van der Waals surface area (Å²) in [6.07, 6.45) is -0.146. The van der Waals surface area contributed by atoms with Gasteiger partial charge in [0.1, 0.15) is 5.75 Å². The van der Waals surface area contributed by atoms with E-state index in [-0.39, 0.29) is 5.75 Å². The molecule has 1 aliphatic rings. The monoisotopic (exact) mass is 365 g/mol. The van der Waals surface area contributed by atoms with E-state index in [1.54, 1.807) is 12.1 Å². The summed E-state index contributed by atoms with van der Waals surface area (Å²) in [4.78, 5) is 0. The van der Waals surface area contributed by atoms with Gasteiger partial charge in [-0.1, -0.05) is 20.3 Å². The molecule has 1 N–H and O–H groups in total. The number of alkyl halides is 3. The number of ether oxygens (including phenoxy) is 1. The molecule has 0 amide bonds. The summed E-state index contributed by atoms with van der Waals surface area (Å²) in [5.74, 6) is -0.225. The predicted octanol–water partition coefficient (Wildman–Crippen LogP) is 5.73. The van der Waals surface area contributed by atoms with Crippen LogP contribution in [0.4, 0.5) is 18.9 Å². The molecule has 1 aliphatic carbocycles. The molecule has 1 atom stereocenters. The largest absolute Gasteiger partial charge is 0.573 e. The maximum Gasteiger partial charge on any atom is 0.573 e. The van der Waals surface area contributed by atoms with E-state index in [2.05, 4.69) is 39.8 Å². The Labute approximate surface area is 131 Å². The predicted molar refractivity (Wildman–Crippen MR) is 80.5 cm³/mol. The fraction of sp³-hybridized carbons (Fsp3) is 0.600. The van der Waals surface area contributed by atoms with Crippen molar-refractivity contribution in [3.05, 3.63) is 22.7 Å². The highest BCUT2D eigenvalue weighted by Gasteiger charge is 2.32. The molecule has 2 nitrogen and oxygen atoms in total. The molecule has 1 aromatic rings. The van der Waals surface area contributed by atoms with Crippen LogP contribution in [-0.4, -0.2) is 12.4 Å². The van der Waals surface area contributed by atoms with Crippen molar-refractivity contribution >= 4 is 21.6 Å². The third-order valence-electron chi connectivity index (χ3n) is 3.73. The zero-order valence-electron chi connectivity index (χ0n) is 12.1. The van der Waals surface area contributed by atoms with E-state index in [1.807, 2.05) is 0 Å². The smallest absolute Gasteiger partial charge is 0.405 e. The molecule has 2 rings (SSSR count). The number of halogens is 4. The summed E-state index contributed by atoms with van der Waals surface area (Å²) in [6.45, 7) is 4.49. The number of rotatable bonds is 3. The molecule has 21 heavy (non-hydrogen) atoms. The van der Waals surface area contributed by atoms with Gasteiger partial charge < -0.3 is 10.1 Å². The van der Waals surface area contributed by atoms with Crippen LogP contribution >= 0.6 is 15.9 Å². The number of nitrogens with one attached hydrogen (secondary N) is 1. The Morgan fingerprint density at radius 3 is 2.62 bits per heavy atom. The molecule has 0 spiro atoms. The van der Waals surface area contributed by atoms with Crippen molar-refractivity contribution in [2.24, 2.45) is 5.41 Å². The van der Waals surface area contributed by atoms with Gasteiger partial charge in [0.2, 0.25) is 0 Å². The molecule has 1 unspecified atom stereocenters. The fourth-order valence-corrected chi connectivity index (χ4v) is 3.31. The van der Waals surface area contributed by atoms with Gasteiger partial charge >= 0.3 is 6.36 Å². The van der Waals surface area contributed by atoms with E-state index in [1.165, 1.54) is 18.9 Å². The lowest BCUT2D eigenvalue weighted by atomic mass is 9.75. The molecule has 0 aliphatic heterocycles. The standard InChI is InChI=1S/C15H19BrF3NO/c1-14(2)7-3-4-11(9-14)20-10-5-6-13(12(16)8-10)21-15(17,18)19/h5-6,8,11,20H,3-4,7,9H2,1-2H3. The quantitative estimate of drug-likeness (QED) is 0.738. The van der Waals surface area contributed by atoms with E-state index in [9.17, 15) is 13.2 Å². The van der Waals surface area contributed by atoms with Crippen LogP contribution in [-0.2, 0) is 0 Å². The lowest BCUT2D eigenvalue weighted by Crippen LogP contribution is -2.31. The molecule has 0 radical (unpaired) electrons. The van der Waals surface area contributed by atoms with Gasteiger partial charge in [-0.25, -0.2) is 0 Å². The Morgan fingerprint density at radius 2 is 2.05 bits per heavy atom. The van der Waals surface area contributed by atoms with Crippen molar-refractivity contribution < 1.29 is 17.9 Å². The van der Waals surface area contributed by atoms with Gasteiger partial charge in [0, 0.05) is 11.7 Å². The summed E-state index contributed by atoms with van der Waals surface area (Å²) in [7, 11) is 0. The summed E-state index contributed by atoms with van der Waals surface area (Å²) >= 11 is 3.12. The first-order valence-corrected chi connectivity index (χ1v) is 7.76. The number of hydrogen-bond acceptors (Lipinski definition) is 2. The van der Waals surface area contributed by atoms with Crippen LogP contribution in [0, 0.1) is 5.41 Å². The van der Waals surface area contributed by atoms with Gasteiger partial charge in [-0.05, 0) is 58.8 Å². The van der Waals surface area contributed by atoms with Crippen LogP contribution < -0.4 is 10.1 Å². The molecule has 1 saturated carbocycles. The number of anilines is 1. The second-order valence-electron chi connectivity index (χ2n) is 6.29. The second kappa shape index (κ2) is 6.07. The van der Waals surface area contributed by atoms with Gasteiger partial charge in [0.25, 0.3) is 0 Å². The minimum absolute atomic E-state index is 0.225. The molecule has 118 valence electrons. The lowest BCUT2D eigenvalue weighted by Gasteiger charge is -2.36. The van der Waals surface area contributed by atoms with E-state index >= 15 is 0 Å². The highest BCUT2D eigenvalue weighted by atomic mass is 79.9. The molecular formula is C15H19BrF3NO. The van der Waals surface area contributed by atoms with Crippen LogP contribution in [0.15, 0.2) is 22.7 Å². The molecule has 0 heterocycles. The van der Waals surface area contributed by atoms with Crippen molar-refractivity contribution in [1.29, 1.82) is 0 Å². The van der Waals surface area contributed by atoms with Crippen molar-refractivity contribution in [3.63, 3.8) is 0 Å². The van der Waals surface area contributed by atoms with E-state index < -0.39 is 6.36 Å². The molecule has 1 fully saturated rings. The van der Waals surface area contributed by atoms with Crippen molar-refractivity contribution in [3.8, 4) is 5.75 Å². The van der Waals surface area contributed by atoms with Gasteiger partial charge in [-0.15, -0.1) is 13.2 Å². The molecule has 1 aromatic carbocycles. The molecule has 6 heteroatoms. The first-order chi connectivity index (χ1) is 9.65. The first-order valence-electron chi connectivity index (χ1n) is 6.96. The Hall–Kier alpha value is -0.910. The van der Waals surface area contributed by atoms with Crippen molar-refractivity contribution in [1.82, 2.24) is 0 Å². The minimum atomic E-state index is -4.68. The van der Waals surface area contributed by atoms with E-state index in [4.69, 9.17) is 0 Å². The molecule has 0 bridgehead atoms. The van der Waals surface area contributed by atoms with Gasteiger partial charge in [0.05, 0.1) is 4.47 Å². The van der Waals surface area contributed by atoms with Crippen molar-refractivity contribution in [2.45, 2.75) is 51.9 Å². The zero-order chi connectivity index (χ0) is 15.7. The van der Waals surface area contributed by atoms with Gasteiger partial charge in [-0.3, -0.25) is 0 Å². The van der Waals surface area contributed by atoms with E-state index in [0.29, 0.717) is 15.9 Å². The Morgan fingerprint density at radius 1 is 1.33 bits per heavy atom. The van der Waals surface area contributed by atoms with Gasteiger partial charge in [0.15, 0.2) is 0 Å². The number of hydrogen-bond donors (Lipinski definition) is 1. The molecular weight excluding hydrogens is 347 g/mol. The second-order valence-corrected chi connectivity index (χ2v) is 7.15. The third kappa shape index (κ3) is 5.09. The van der Waals surface area contributed by atoms with Crippen LogP contribution in [0.3, 0.4) is 0 Å². The summed E-state index contributed by atoms with van der Waals surface area (Å²) in [5.41, 5.74) is 1.12. The molecule has 0 saturated heterocycles. The summed E-state index contributed by atoms with van der Waals surface area (Å²) < 4.78 is 40.9. The Bertz CT molecular complexity index is 502. The lowest BCUT2D eigenvalue weighted by molar-refractivity contribution is -0.274. The van der Waals surface area contributed by atoms with Crippen LogP contribution in [0.25, 0.3) is 0 Å². The fourth-order valence-electron chi connectivity index (χ4n) is 2.86. The average Bonchev–Trinajstić information content (AvgIpc) is 2.30. The topological polar surface area (TPSA) is 21.3 Å². The highest BCUT2D eigenvalue weighted by molar-refractivity contribution is 9.10. The maximum atomic E-state index is 12.2. The Balaban J connectivity index is 2.03. The van der Waals surface area contributed by atoms with Crippen LogP contribution in [0.5, 0.6) is 5.75 Å². The molecule has 0 aromatic heterocycles. The first kappa shape index (κ1) is 16.5. The van der Waals surface area contributed by atoms with Crippen LogP contribution in [0.2, 0.25) is 0 Å². The maximum absolute atomic E-state index is 12.2. The summed E-state index contributed by atoms with van der Waals surface area (Å²) in [5, 5.41) is 3.40.